The summed E-state index contributed by atoms with van der Waals surface area (Å²) in [5, 5.41) is 0. The van der Waals surface area contributed by atoms with Crippen LogP contribution in [0.25, 0.3) is 0 Å². The number of ether oxygens (including phenoxy) is 3. The molecule has 1 spiro atoms. The van der Waals surface area contributed by atoms with Crippen LogP contribution < -0.4 is 0 Å². The molecule has 0 aromatic carbocycles. The summed E-state index contributed by atoms with van der Waals surface area (Å²) < 4.78 is 15.6. The lowest BCUT2D eigenvalue weighted by molar-refractivity contribution is -0.159. The quantitative estimate of drug-likeness (QED) is 0.701. The third kappa shape index (κ3) is 3.11. The fourth-order valence-corrected chi connectivity index (χ4v) is 3.37. The molecule has 144 valence electrons. The molecule has 0 radical (unpaired) electrons. The van der Waals surface area contributed by atoms with Crippen molar-refractivity contribution in [1.82, 2.24) is 0 Å². The highest BCUT2D eigenvalue weighted by Gasteiger charge is 2.65. The number of rotatable bonds is 2. The lowest BCUT2D eigenvalue weighted by atomic mass is 9.66. The summed E-state index contributed by atoms with van der Waals surface area (Å²) in [6.07, 6.45) is 2.25. The van der Waals surface area contributed by atoms with E-state index in [1.807, 2.05) is 47.6 Å². The highest BCUT2D eigenvalue weighted by atomic mass is 16.6. The molecule has 1 fully saturated rings. The Kier molecular flexibility index (Phi) is 4.96. The zero-order valence-corrected chi connectivity index (χ0v) is 16.8. The molecule has 0 amide bonds. The van der Waals surface area contributed by atoms with Crippen LogP contribution in [0, 0.1) is 16.7 Å². The van der Waals surface area contributed by atoms with Crippen LogP contribution in [0.4, 0.5) is 0 Å². The second kappa shape index (κ2) is 6.34. The van der Waals surface area contributed by atoms with Gasteiger partial charge in [-0.3, -0.25) is 9.59 Å². The van der Waals surface area contributed by atoms with Crippen LogP contribution in [0.2, 0.25) is 0 Å². The molecule has 0 bridgehead atoms. The van der Waals surface area contributed by atoms with Crippen molar-refractivity contribution in [2.45, 2.75) is 53.2 Å². The SMILES string of the molecule is COC(=O)C1C(OC)C(=O)OC12C=C(C(C)(C)C)C=C(C(C)(C)C)C2=O. The molecule has 3 unspecified atom stereocenters. The maximum Gasteiger partial charge on any atom is 0.337 e. The minimum absolute atomic E-state index is 0.317. The largest absolute Gasteiger partial charge is 0.469 e. The Morgan fingerprint density at radius 2 is 1.65 bits per heavy atom. The van der Waals surface area contributed by atoms with E-state index in [-0.39, 0.29) is 5.41 Å². The molecule has 1 aliphatic carbocycles. The molecule has 1 heterocycles. The fraction of sp³-hybridized carbons (Fsp3) is 0.650. The van der Waals surface area contributed by atoms with Crippen molar-refractivity contribution in [2.24, 2.45) is 16.7 Å². The third-order valence-electron chi connectivity index (χ3n) is 4.92. The van der Waals surface area contributed by atoms with Gasteiger partial charge >= 0.3 is 11.9 Å². The second-order valence-electron chi connectivity index (χ2n) is 8.86. The van der Waals surface area contributed by atoms with Crippen molar-refractivity contribution >= 4 is 17.7 Å². The third-order valence-corrected chi connectivity index (χ3v) is 4.92. The molecule has 1 saturated heterocycles. The topological polar surface area (TPSA) is 78.9 Å². The van der Waals surface area contributed by atoms with E-state index in [0.29, 0.717) is 5.57 Å². The molecule has 2 aliphatic rings. The average molecular weight is 364 g/mol. The molecule has 0 saturated carbocycles. The van der Waals surface area contributed by atoms with Crippen molar-refractivity contribution in [3.8, 4) is 0 Å². The number of Topliss-reactive ketones (excluding diaryl/α,β-unsaturated/α-hetero) is 1. The normalized spacial score (nSPS) is 29.4. The summed E-state index contributed by atoms with van der Waals surface area (Å²) in [7, 11) is 2.52. The van der Waals surface area contributed by atoms with Gasteiger partial charge in [-0.2, -0.15) is 0 Å². The number of carbonyl (C=O) groups excluding carboxylic acids is 3. The minimum atomic E-state index is -1.75. The van der Waals surface area contributed by atoms with E-state index in [1.54, 1.807) is 6.08 Å². The zero-order valence-electron chi connectivity index (χ0n) is 16.8. The molecule has 3 atom stereocenters. The van der Waals surface area contributed by atoms with Gasteiger partial charge in [0, 0.05) is 12.7 Å². The summed E-state index contributed by atoms with van der Waals surface area (Å²) in [4.78, 5) is 38.4. The first-order valence-electron chi connectivity index (χ1n) is 8.63. The van der Waals surface area contributed by atoms with Crippen molar-refractivity contribution in [3.63, 3.8) is 0 Å². The van der Waals surface area contributed by atoms with Crippen molar-refractivity contribution in [2.75, 3.05) is 14.2 Å². The Hall–Kier alpha value is -1.95. The molecular weight excluding hydrogens is 336 g/mol. The molecule has 0 N–H and O–H groups in total. The fourth-order valence-electron chi connectivity index (χ4n) is 3.37. The van der Waals surface area contributed by atoms with Gasteiger partial charge < -0.3 is 14.2 Å². The maximum atomic E-state index is 13.5. The number of methoxy groups -OCH3 is 2. The van der Waals surface area contributed by atoms with Crippen LogP contribution in [0.1, 0.15) is 41.5 Å². The van der Waals surface area contributed by atoms with Crippen LogP contribution in [0.5, 0.6) is 0 Å². The molecule has 6 heteroatoms. The van der Waals surface area contributed by atoms with Crippen LogP contribution in [-0.4, -0.2) is 43.6 Å². The van der Waals surface area contributed by atoms with Crippen LogP contribution >= 0.6 is 0 Å². The highest BCUT2D eigenvalue weighted by Crippen LogP contribution is 2.48. The molecule has 1 aliphatic heterocycles. The molecule has 0 aromatic heterocycles. The van der Waals surface area contributed by atoms with E-state index >= 15 is 0 Å². The van der Waals surface area contributed by atoms with Gasteiger partial charge in [0.2, 0.25) is 11.4 Å². The van der Waals surface area contributed by atoms with Gasteiger partial charge in [-0.1, -0.05) is 47.6 Å². The van der Waals surface area contributed by atoms with E-state index in [2.05, 4.69) is 0 Å². The number of carbonyl (C=O) groups is 3. The standard InChI is InChI=1S/C20H28O6/c1-18(2,3)11-9-12(19(4,5)6)15(21)20(10-11)13(16(22)25-8)14(24-7)17(23)26-20/h9-10,13-14H,1-8H3. The Bertz CT molecular complexity index is 701. The first kappa shape index (κ1) is 20.4. The second-order valence-corrected chi connectivity index (χ2v) is 8.86. The zero-order chi connectivity index (χ0) is 20.1. The first-order chi connectivity index (χ1) is 11.8. The number of ketones is 1. The van der Waals surface area contributed by atoms with Gasteiger partial charge in [-0.15, -0.1) is 0 Å². The predicted octanol–water partition coefficient (Wildman–Crippen LogP) is 2.61. The number of esters is 2. The first-order valence-corrected chi connectivity index (χ1v) is 8.63. The Labute approximate surface area is 154 Å². The maximum absolute atomic E-state index is 13.5. The van der Waals surface area contributed by atoms with Gasteiger partial charge in [0.1, 0.15) is 5.92 Å². The Balaban J connectivity index is 2.77. The Morgan fingerprint density at radius 3 is 2.08 bits per heavy atom. The van der Waals surface area contributed by atoms with Gasteiger partial charge in [0.05, 0.1) is 7.11 Å². The monoisotopic (exact) mass is 364 g/mol. The van der Waals surface area contributed by atoms with Gasteiger partial charge in [-0.05, 0) is 22.5 Å². The molecule has 2 rings (SSSR count). The molecule has 0 aromatic rings. The number of hydrogen-bond donors (Lipinski definition) is 0. The smallest absolute Gasteiger partial charge is 0.337 e. The highest BCUT2D eigenvalue weighted by molar-refractivity contribution is 6.12. The van der Waals surface area contributed by atoms with E-state index in [9.17, 15) is 14.4 Å². The van der Waals surface area contributed by atoms with Crippen molar-refractivity contribution < 1.29 is 28.6 Å². The van der Waals surface area contributed by atoms with Gasteiger partial charge in [-0.25, -0.2) is 4.79 Å². The number of hydrogen-bond acceptors (Lipinski definition) is 6. The van der Waals surface area contributed by atoms with Crippen molar-refractivity contribution in [3.05, 3.63) is 23.3 Å². The molecule has 6 nitrogen and oxygen atoms in total. The number of allylic oxidation sites excluding steroid dienone is 2. The lowest BCUT2D eigenvalue weighted by Crippen LogP contribution is -2.52. The van der Waals surface area contributed by atoms with Crippen LogP contribution in [0.15, 0.2) is 23.3 Å². The Morgan fingerprint density at radius 1 is 1.08 bits per heavy atom. The predicted molar refractivity (Wildman–Crippen MR) is 95.2 cm³/mol. The lowest BCUT2D eigenvalue weighted by Gasteiger charge is -2.38. The molecule has 26 heavy (non-hydrogen) atoms. The van der Waals surface area contributed by atoms with Crippen LogP contribution in [-0.2, 0) is 28.6 Å². The van der Waals surface area contributed by atoms with E-state index in [1.165, 1.54) is 14.2 Å². The summed E-state index contributed by atoms with van der Waals surface area (Å²) in [5.41, 5.74) is -1.23. The summed E-state index contributed by atoms with van der Waals surface area (Å²) >= 11 is 0. The summed E-state index contributed by atoms with van der Waals surface area (Å²) in [6.45, 7) is 11.7. The van der Waals surface area contributed by atoms with Gasteiger partial charge in [0.15, 0.2) is 6.10 Å². The van der Waals surface area contributed by atoms with Crippen LogP contribution in [0.3, 0.4) is 0 Å². The van der Waals surface area contributed by atoms with Gasteiger partial charge in [0.25, 0.3) is 0 Å². The summed E-state index contributed by atoms with van der Waals surface area (Å²) in [6, 6.07) is 0. The van der Waals surface area contributed by atoms with Crippen molar-refractivity contribution in [1.29, 1.82) is 0 Å². The summed E-state index contributed by atoms with van der Waals surface area (Å²) in [5.74, 6) is -3.05. The van der Waals surface area contributed by atoms with E-state index in [4.69, 9.17) is 14.2 Å². The van der Waals surface area contributed by atoms with E-state index < -0.39 is 40.8 Å². The average Bonchev–Trinajstić information content (AvgIpc) is 2.79. The minimum Gasteiger partial charge on any atom is -0.469 e. The molecular formula is C20H28O6. The van der Waals surface area contributed by atoms with E-state index in [0.717, 1.165) is 5.57 Å².